The van der Waals surface area contributed by atoms with Crippen molar-refractivity contribution in [2.75, 3.05) is 19.8 Å². The first-order chi connectivity index (χ1) is 8.03. The summed E-state index contributed by atoms with van der Waals surface area (Å²) in [7, 11) is 0. The minimum absolute atomic E-state index is 0.235. The summed E-state index contributed by atoms with van der Waals surface area (Å²) in [5, 5.41) is 12.7. The summed E-state index contributed by atoms with van der Waals surface area (Å²) >= 11 is 0. The van der Waals surface area contributed by atoms with Gasteiger partial charge in [0.25, 0.3) is 0 Å². The Morgan fingerprint density at radius 3 is 2.59 bits per heavy atom. The first kappa shape index (κ1) is 14.5. The Balaban J connectivity index is 2.58. The van der Waals surface area contributed by atoms with Gasteiger partial charge in [0.15, 0.2) is 0 Å². The Morgan fingerprint density at radius 1 is 1.53 bits per heavy atom. The third-order valence-electron chi connectivity index (χ3n) is 3.13. The SMILES string of the molecule is CCCNC(COCC(C)C)(C(=O)O)C1CC1. The molecule has 4 heteroatoms. The van der Waals surface area contributed by atoms with Crippen LogP contribution in [0.15, 0.2) is 0 Å². The fourth-order valence-electron chi connectivity index (χ4n) is 2.00. The van der Waals surface area contributed by atoms with Crippen LogP contribution in [0.3, 0.4) is 0 Å². The van der Waals surface area contributed by atoms with Gasteiger partial charge in [0.2, 0.25) is 0 Å². The van der Waals surface area contributed by atoms with Crippen molar-refractivity contribution in [2.45, 2.75) is 45.6 Å². The minimum atomic E-state index is -0.856. The highest BCUT2D eigenvalue weighted by molar-refractivity contribution is 5.80. The zero-order valence-electron chi connectivity index (χ0n) is 11.2. The second-order valence-corrected chi connectivity index (χ2v) is 5.39. The lowest BCUT2D eigenvalue weighted by Crippen LogP contribution is -2.57. The van der Waals surface area contributed by atoms with E-state index in [9.17, 15) is 9.90 Å². The number of hydrogen-bond donors (Lipinski definition) is 2. The molecule has 1 saturated carbocycles. The summed E-state index contributed by atoms with van der Waals surface area (Å²) in [5.41, 5.74) is -0.856. The van der Waals surface area contributed by atoms with Crippen molar-refractivity contribution in [2.24, 2.45) is 11.8 Å². The van der Waals surface area contributed by atoms with E-state index in [1.807, 2.05) is 6.92 Å². The molecular weight excluding hydrogens is 218 g/mol. The van der Waals surface area contributed by atoms with Crippen LogP contribution in [0.2, 0.25) is 0 Å². The molecule has 0 radical (unpaired) electrons. The average Bonchev–Trinajstić information content (AvgIpc) is 3.06. The van der Waals surface area contributed by atoms with Crippen molar-refractivity contribution in [1.82, 2.24) is 5.32 Å². The largest absolute Gasteiger partial charge is 0.480 e. The van der Waals surface area contributed by atoms with Gasteiger partial charge in [-0.05, 0) is 37.6 Å². The molecule has 0 aromatic carbocycles. The molecule has 1 aliphatic rings. The lowest BCUT2D eigenvalue weighted by molar-refractivity contribution is -0.149. The molecule has 17 heavy (non-hydrogen) atoms. The smallest absolute Gasteiger partial charge is 0.326 e. The third kappa shape index (κ3) is 3.96. The van der Waals surface area contributed by atoms with Gasteiger partial charge >= 0.3 is 5.97 Å². The van der Waals surface area contributed by atoms with Crippen LogP contribution >= 0.6 is 0 Å². The zero-order chi connectivity index (χ0) is 12.9. The predicted octanol–water partition coefficient (Wildman–Crippen LogP) is 1.89. The number of carboxylic acids is 1. The van der Waals surface area contributed by atoms with Gasteiger partial charge in [-0.2, -0.15) is 0 Å². The van der Waals surface area contributed by atoms with Crippen LogP contribution in [0.5, 0.6) is 0 Å². The highest BCUT2D eigenvalue weighted by atomic mass is 16.5. The van der Waals surface area contributed by atoms with Gasteiger partial charge in [-0.25, -0.2) is 0 Å². The van der Waals surface area contributed by atoms with E-state index in [-0.39, 0.29) is 12.5 Å². The normalized spacial score (nSPS) is 19.3. The lowest BCUT2D eigenvalue weighted by Gasteiger charge is -2.31. The highest BCUT2D eigenvalue weighted by Gasteiger charge is 2.51. The summed E-state index contributed by atoms with van der Waals surface area (Å²) in [5.74, 6) is -0.0946. The first-order valence-corrected chi connectivity index (χ1v) is 6.59. The number of aliphatic carboxylic acids is 1. The molecular formula is C13H25NO3. The number of rotatable bonds is 9. The number of carbonyl (C=O) groups is 1. The highest BCUT2D eigenvalue weighted by Crippen LogP contribution is 2.40. The van der Waals surface area contributed by atoms with Gasteiger partial charge in [0.05, 0.1) is 6.61 Å². The van der Waals surface area contributed by atoms with Crippen molar-refractivity contribution in [3.8, 4) is 0 Å². The van der Waals surface area contributed by atoms with Gasteiger partial charge in [-0.1, -0.05) is 20.8 Å². The Kier molecular flexibility index (Phi) is 5.40. The molecule has 0 heterocycles. The molecule has 0 bridgehead atoms. The van der Waals surface area contributed by atoms with E-state index in [1.54, 1.807) is 0 Å². The molecule has 1 unspecified atom stereocenters. The Morgan fingerprint density at radius 2 is 2.18 bits per heavy atom. The van der Waals surface area contributed by atoms with Crippen molar-refractivity contribution in [3.05, 3.63) is 0 Å². The van der Waals surface area contributed by atoms with Crippen LogP contribution in [-0.2, 0) is 9.53 Å². The molecule has 0 amide bonds. The van der Waals surface area contributed by atoms with Crippen molar-refractivity contribution in [3.63, 3.8) is 0 Å². The van der Waals surface area contributed by atoms with E-state index < -0.39 is 11.5 Å². The van der Waals surface area contributed by atoms with Crippen LogP contribution in [0, 0.1) is 11.8 Å². The zero-order valence-corrected chi connectivity index (χ0v) is 11.2. The van der Waals surface area contributed by atoms with E-state index >= 15 is 0 Å². The van der Waals surface area contributed by atoms with Gasteiger partial charge in [-0.15, -0.1) is 0 Å². The first-order valence-electron chi connectivity index (χ1n) is 6.59. The molecule has 1 fully saturated rings. The summed E-state index contributed by atoms with van der Waals surface area (Å²) in [4.78, 5) is 11.5. The van der Waals surface area contributed by atoms with Crippen LogP contribution in [0.25, 0.3) is 0 Å². The molecule has 0 aromatic rings. The maximum atomic E-state index is 11.5. The van der Waals surface area contributed by atoms with Gasteiger partial charge in [0, 0.05) is 6.61 Å². The molecule has 0 aromatic heterocycles. The monoisotopic (exact) mass is 243 g/mol. The molecule has 1 aliphatic carbocycles. The van der Waals surface area contributed by atoms with Crippen molar-refractivity contribution < 1.29 is 14.6 Å². The molecule has 0 spiro atoms. The molecule has 0 saturated heterocycles. The summed E-state index contributed by atoms with van der Waals surface area (Å²) in [6, 6.07) is 0. The maximum Gasteiger partial charge on any atom is 0.326 e. The summed E-state index contributed by atoms with van der Waals surface area (Å²) < 4.78 is 5.58. The lowest BCUT2D eigenvalue weighted by atomic mass is 9.94. The third-order valence-corrected chi connectivity index (χ3v) is 3.13. The minimum Gasteiger partial charge on any atom is -0.480 e. The van der Waals surface area contributed by atoms with E-state index in [0.29, 0.717) is 12.5 Å². The van der Waals surface area contributed by atoms with Gasteiger partial charge in [0.1, 0.15) is 5.54 Å². The number of nitrogens with one attached hydrogen (secondary N) is 1. The molecule has 1 rings (SSSR count). The summed E-state index contributed by atoms with van der Waals surface area (Å²) in [6.45, 7) is 7.81. The predicted molar refractivity (Wildman–Crippen MR) is 67.0 cm³/mol. The van der Waals surface area contributed by atoms with E-state index in [2.05, 4.69) is 19.2 Å². The van der Waals surface area contributed by atoms with E-state index in [1.165, 1.54) is 0 Å². The average molecular weight is 243 g/mol. The molecule has 0 aliphatic heterocycles. The molecule has 4 nitrogen and oxygen atoms in total. The van der Waals surface area contributed by atoms with Crippen LogP contribution < -0.4 is 5.32 Å². The number of hydrogen-bond acceptors (Lipinski definition) is 3. The van der Waals surface area contributed by atoms with Crippen LogP contribution in [-0.4, -0.2) is 36.4 Å². The fraction of sp³-hybridized carbons (Fsp3) is 0.923. The Hall–Kier alpha value is -0.610. The second kappa shape index (κ2) is 6.36. The van der Waals surface area contributed by atoms with Crippen LogP contribution in [0.4, 0.5) is 0 Å². The fourth-order valence-corrected chi connectivity index (χ4v) is 2.00. The second-order valence-electron chi connectivity index (χ2n) is 5.39. The van der Waals surface area contributed by atoms with Crippen molar-refractivity contribution in [1.29, 1.82) is 0 Å². The van der Waals surface area contributed by atoms with E-state index in [0.717, 1.165) is 25.8 Å². The molecule has 2 N–H and O–H groups in total. The Bertz CT molecular complexity index is 251. The standard InChI is InChI=1S/C13H25NO3/c1-4-7-14-13(12(15)16,11-5-6-11)9-17-8-10(2)3/h10-11,14H,4-9H2,1-3H3,(H,15,16). The van der Waals surface area contributed by atoms with E-state index in [4.69, 9.17) is 4.74 Å². The quantitative estimate of drug-likeness (QED) is 0.649. The topological polar surface area (TPSA) is 58.6 Å². The molecule has 100 valence electrons. The van der Waals surface area contributed by atoms with Crippen molar-refractivity contribution >= 4 is 5.97 Å². The summed E-state index contributed by atoms with van der Waals surface area (Å²) in [6.07, 6.45) is 2.92. The number of ether oxygens (including phenoxy) is 1. The number of carboxylic acid groups (broad SMARTS) is 1. The van der Waals surface area contributed by atoms with Gasteiger partial charge in [-0.3, -0.25) is 10.1 Å². The Labute approximate surface area is 104 Å². The maximum absolute atomic E-state index is 11.5. The molecule has 1 atom stereocenters. The van der Waals surface area contributed by atoms with Crippen LogP contribution in [0.1, 0.15) is 40.0 Å². The van der Waals surface area contributed by atoms with Gasteiger partial charge < -0.3 is 9.84 Å².